The van der Waals surface area contributed by atoms with Gasteiger partial charge in [-0.1, -0.05) is 26.2 Å². The minimum Gasteiger partial charge on any atom is -0.385 e. The first kappa shape index (κ1) is 14.1. The van der Waals surface area contributed by atoms with Gasteiger partial charge in [-0.15, -0.1) is 0 Å². The van der Waals surface area contributed by atoms with Crippen LogP contribution in [0.2, 0.25) is 0 Å². The molecule has 0 bridgehead atoms. The highest BCUT2D eigenvalue weighted by molar-refractivity contribution is 5.16. The van der Waals surface area contributed by atoms with Gasteiger partial charge in [0.25, 0.3) is 0 Å². The number of aliphatic hydroxyl groups excluding tert-OH is 1. The molecule has 3 atom stereocenters. The molecule has 4 nitrogen and oxygen atoms in total. The SMILES string of the molecule is CCC1CCCC(C#N)(C(O)c2cncn2CC)C1. The number of aliphatic hydroxyl groups is 1. The maximum absolute atomic E-state index is 10.7. The van der Waals surface area contributed by atoms with Crippen molar-refractivity contribution in [1.29, 1.82) is 5.26 Å². The molecule has 0 saturated heterocycles. The first-order chi connectivity index (χ1) is 9.16. The maximum atomic E-state index is 10.7. The van der Waals surface area contributed by atoms with Crippen molar-refractivity contribution in [1.82, 2.24) is 9.55 Å². The summed E-state index contributed by atoms with van der Waals surface area (Å²) in [4.78, 5) is 4.11. The number of aryl methyl sites for hydroxylation is 1. The van der Waals surface area contributed by atoms with E-state index in [1.54, 1.807) is 12.5 Å². The summed E-state index contributed by atoms with van der Waals surface area (Å²) in [5.41, 5.74) is 0.145. The second-order valence-electron chi connectivity index (χ2n) is 5.65. The molecule has 0 spiro atoms. The highest BCUT2D eigenvalue weighted by Gasteiger charge is 2.44. The summed E-state index contributed by atoms with van der Waals surface area (Å²) in [6, 6.07) is 2.43. The molecule has 1 aliphatic rings. The number of hydrogen-bond acceptors (Lipinski definition) is 3. The first-order valence-electron chi connectivity index (χ1n) is 7.26. The van der Waals surface area contributed by atoms with Gasteiger partial charge in [-0.3, -0.25) is 0 Å². The van der Waals surface area contributed by atoms with Gasteiger partial charge in [-0.2, -0.15) is 5.26 Å². The third-order valence-electron chi connectivity index (χ3n) is 4.58. The van der Waals surface area contributed by atoms with E-state index < -0.39 is 11.5 Å². The normalized spacial score (nSPS) is 28.8. The Balaban J connectivity index is 2.28. The fourth-order valence-corrected chi connectivity index (χ4v) is 3.29. The van der Waals surface area contributed by atoms with E-state index in [-0.39, 0.29) is 0 Å². The summed E-state index contributed by atoms with van der Waals surface area (Å²) in [6.45, 7) is 4.96. The van der Waals surface area contributed by atoms with Crippen molar-refractivity contribution in [3.05, 3.63) is 18.2 Å². The third-order valence-corrected chi connectivity index (χ3v) is 4.58. The van der Waals surface area contributed by atoms with Gasteiger partial charge in [0, 0.05) is 6.54 Å². The Hall–Kier alpha value is -1.34. The standard InChI is InChI=1S/C15H23N3O/c1-3-12-6-5-7-15(8-12,10-16)14(19)13-9-17-11-18(13)4-2/h9,11-12,14,19H,3-8H2,1-2H3. The van der Waals surface area contributed by atoms with Gasteiger partial charge >= 0.3 is 0 Å². The van der Waals surface area contributed by atoms with Gasteiger partial charge in [-0.05, 0) is 25.7 Å². The minimum absolute atomic E-state index is 0.557. The van der Waals surface area contributed by atoms with E-state index in [0.717, 1.165) is 37.9 Å². The predicted molar refractivity (Wildman–Crippen MR) is 73.2 cm³/mol. The molecule has 0 aliphatic heterocycles. The quantitative estimate of drug-likeness (QED) is 0.906. The lowest BCUT2D eigenvalue weighted by molar-refractivity contribution is 0.0134. The molecule has 1 fully saturated rings. The van der Waals surface area contributed by atoms with Crippen LogP contribution in [0.25, 0.3) is 0 Å². The fourth-order valence-electron chi connectivity index (χ4n) is 3.29. The number of nitriles is 1. The lowest BCUT2D eigenvalue weighted by Crippen LogP contribution is -2.34. The molecule has 1 saturated carbocycles. The molecule has 0 aromatic carbocycles. The van der Waals surface area contributed by atoms with Gasteiger partial charge in [0.1, 0.15) is 6.10 Å². The molecule has 2 rings (SSSR count). The van der Waals surface area contributed by atoms with Crippen molar-refractivity contribution >= 4 is 0 Å². The van der Waals surface area contributed by atoms with E-state index in [0.29, 0.717) is 5.92 Å². The second kappa shape index (κ2) is 5.75. The van der Waals surface area contributed by atoms with Crippen LogP contribution in [-0.2, 0) is 6.54 Å². The van der Waals surface area contributed by atoms with Gasteiger partial charge in [0.2, 0.25) is 0 Å². The van der Waals surface area contributed by atoms with Crippen LogP contribution in [0.4, 0.5) is 0 Å². The minimum atomic E-state index is -0.728. The zero-order chi connectivity index (χ0) is 13.9. The lowest BCUT2D eigenvalue weighted by atomic mass is 9.66. The van der Waals surface area contributed by atoms with Crippen LogP contribution in [0.1, 0.15) is 57.7 Å². The van der Waals surface area contributed by atoms with Gasteiger partial charge in [-0.25, -0.2) is 4.98 Å². The van der Waals surface area contributed by atoms with Crippen LogP contribution in [0, 0.1) is 22.7 Å². The molecule has 3 unspecified atom stereocenters. The molecule has 1 aromatic heterocycles. The van der Waals surface area contributed by atoms with Crippen molar-refractivity contribution in [3.8, 4) is 6.07 Å². The first-order valence-corrected chi connectivity index (χ1v) is 7.26. The molecule has 1 heterocycles. The Bertz CT molecular complexity index is 462. The Kier molecular flexibility index (Phi) is 4.26. The molecule has 4 heteroatoms. The van der Waals surface area contributed by atoms with Gasteiger partial charge in [0.05, 0.1) is 29.7 Å². The van der Waals surface area contributed by atoms with Gasteiger partial charge in [0.15, 0.2) is 0 Å². The summed E-state index contributed by atoms with van der Waals surface area (Å²) in [6.07, 6.45) is 7.58. The summed E-state index contributed by atoms with van der Waals surface area (Å²) in [5.74, 6) is 0.557. The second-order valence-corrected chi connectivity index (χ2v) is 5.65. The summed E-state index contributed by atoms with van der Waals surface area (Å²) in [5, 5.41) is 20.4. The summed E-state index contributed by atoms with van der Waals surface area (Å²) >= 11 is 0. The average molecular weight is 261 g/mol. The maximum Gasteiger partial charge on any atom is 0.114 e. The fraction of sp³-hybridized carbons (Fsp3) is 0.733. The summed E-state index contributed by atoms with van der Waals surface area (Å²) in [7, 11) is 0. The molecule has 1 N–H and O–H groups in total. The number of hydrogen-bond donors (Lipinski definition) is 1. The predicted octanol–water partition coefficient (Wildman–Crippen LogP) is 3.05. The average Bonchev–Trinajstić information content (AvgIpc) is 2.94. The molecule has 19 heavy (non-hydrogen) atoms. The van der Waals surface area contributed by atoms with E-state index in [2.05, 4.69) is 18.0 Å². The molecule has 0 radical (unpaired) electrons. The van der Waals surface area contributed by atoms with E-state index in [9.17, 15) is 10.4 Å². The van der Waals surface area contributed by atoms with Crippen LogP contribution in [0.5, 0.6) is 0 Å². The van der Waals surface area contributed by atoms with Crippen molar-refractivity contribution in [2.45, 2.75) is 58.6 Å². The van der Waals surface area contributed by atoms with Crippen LogP contribution in [0.3, 0.4) is 0 Å². The highest BCUT2D eigenvalue weighted by atomic mass is 16.3. The zero-order valence-electron chi connectivity index (χ0n) is 11.8. The van der Waals surface area contributed by atoms with E-state index in [4.69, 9.17) is 0 Å². The van der Waals surface area contributed by atoms with E-state index in [1.807, 2.05) is 11.5 Å². The Morgan fingerprint density at radius 3 is 3.05 bits per heavy atom. The zero-order valence-corrected chi connectivity index (χ0v) is 11.8. The molecular weight excluding hydrogens is 238 g/mol. The van der Waals surface area contributed by atoms with Crippen molar-refractivity contribution in [2.24, 2.45) is 11.3 Å². The molecular formula is C15H23N3O. The van der Waals surface area contributed by atoms with Crippen molar-refractivity contribution < 1.29 is 5.11 Å². The summed E-state index contributed by atoms with van der Waals surface area (Å²) < 4.78 is 1.93. The molecule has 1 aromatic rings. The number of nitrogens with zero attached hydrogens (tertiary/aromatic N) is 3. The monoisotopic (exact) mass is 261 g/mol. The molecule has 104 valence electrons. The van der Waals surface area contributed by atoms with E-state index >= 15 is 0 Å². The Morgan fingerprint density at radius 2 is 2.42 bits per heavy atom. The van der Waals surface area contributed by atoms with Crippen LogP contribution >= 0.6 is 0 Å². The topological polar surface area (TPSA) is 61.8 Å². The van der Waals surface area contributed by atoms with Crippen LogP contribution in [0.15, 0.2) is 12.5 Å². The smallest absolute Gasteiger partial charge is 0.114 e. The van der Waals surface area contributed by atoms with Crippen molar-refractivity contribution in [2.75, 3.05) is 0 Å². The Morgan fingerprint density at radius 1 is 1.63 bits per heavy atom. The number of aromatic nitrogens is 2. The van der Waals surface area contributed by atoms with Crippen LogP contribution < -0.4 is 0 Å². The largest absolute Gasteiger partial charge is 0.385 e. The highest BCUT2D eigenvalue weighted by Crippen LogP contribution is 2.48. The van der Waals surface area contributed by atoms with Crippen molar-refractivity contribution in [3.63, 3.8) is 0 Å². The number of rotatable bonds is 4. The molecule has 0 amide bonds. The van der Waals surface area contributed by atoms with Gasteiger partial charge < -0.3 is 9.67 Å². The Labute approximate surface area is 115 Å². The lowest BCUT2D eigenvalue weighted by Gasteiger charge is -2.38. The van der Waals surface area contributed by atoms with Crippen LogP contribution in [-0.4, -0.2) is 14.7 Å². The van der Waals surface area contributed by atoms with E-state index in [1.165, 1.54) is 6.42 Å². The third kappa shape index (κ3) is 2.52. The number of imidazole rings is 1. The molecule has 1 aliphatic carbocycles.